The van der Waals surface area contributed by atoms with E-state index in [4.69, 9.17) is 27.5 Å². The Morgan fingerprint density at radius 3 is 2.57 bits per heavy atom. The molecule has 0 saturated carbocycles. The van der Waals surface area contributed by atoms with Crippen LogP contribution in [-0.2, 0) is 22.5 Å². The zero-order valence-corrected chi connectivity index (χ0v) is 24.7. The minimum atomic E-state index is -1.41. The molecule has 1 fully saturated rings. The third-order valence-electron chi connectivity index (χ3n) is 7.36. The van der Waals surface area contributed by atoms with Gasteiger partial charge in [-0.3, -0.25) is 19.4 Å². The topological polar surface area (TPSA) is 152 Å². The number of primary amides is 1. The second kappa shape index (κ2) is 14.1. The van der Waals surface area contributed by atoms with Gasteiger partial charge in [0.25, 0.3) is 11.5 Å². The number of benzene rings is 2. The quantitative estimate of drug-likeness (QED) is 0.187. The van der Waals surface area contributed by atoms with Gasteiger partial charge in [0.1, 0.15) is 6.23 Å². The van der Waals surface area contributed by atoms with Crippen LogP contribution in [-0.4, -0.2) is 46.0 Å². The van der Waals surface area contributed by atoms with Crippen LogP contribution >= 0.6 is 11.6 Å². The number of carbonyl (C=O) groups excluding carboxylic acids is 2. The number of nitrogens with one attached hydrogen (secondary N) is 3. The summed E-state index contributed by atoms with van der Waals surface area (Å²) in [4.78, 5) is 42.0. The largest absolute Gasteiger partial charge is 0.368 e. The Labute approximate surface area is 259 Å². The second-order valence-electron chi connectivity index (χ2n) is 10.7. The summed E-state index contributed by atoms with van der Waals surface area (Å²) in [6.07, 6.45) is 7.87. The number of hydrogen-bond donors (Lipinski definition) is 4. The SMILES string of the molecule is N=C(c1cc(Cl)ccc1NC1CCCCO1)C(NC(=O)c1cncc(Cc2ccc(Cn3ccccc3=O)cc2)c1)C(N)=O. The number of nitrogens with two attached hydrogens (primary N) is 1. The lowest BCUT2D eigenvalue weighted by Gasteiger charge is -2.26. The molecular formula is C33H33ClN6O4. The standard InChI is InChI=1S/C33H33ClN6O4/c34-25-11-12-27(38-28-5-2-4-14-44-28)26(17-25)30(35)31(32(36)42)39-33(43)24-16-23(18-37-19-24)15-21-7-9-22(10-8-21)20-40-13-3-1-6-29(40)41/h1,3,6-13,16-19,28,31,35,38H,2,4-5,14-15,20H2,(H2,36,42)(H,39,43). The lowest BCUT2D eigenvalue weighted by Crippen LogP contribution is -2.50. The van der Waals surface area contributed by atoms with Gasteiger partial charge in [-0.1, -0.05) is 41.9 Å². The van der Waals surface area contributed by atoms with Crippen molar-refractivity contribution in [1.82, 2.24) is 14.9 Å². The number of amides is 2. The maximum absolute atomic E-state index is 13.3. The van der Waals surface area contributed by atoms with Crippen molar-refractivity contribution in [2.45, 2.75) is 44.5 Å². The highest BCUT2D eigenvalue weighted by molar-refractivity contribution is 6.31. The van der Waals surface area contributed by atoms with E-state index < -0.39 is 17.9 Å². The Morgan fingerprint density at radius 1 is 1.05 bits per heavy atom. The number of pyridine rings is 2. The number of hydrogen-bond acceptors (Lipinski definition) is 7. The molecule has 0 aliphatic carbocycles. The van der Waals surface area contributed by atoms with Crippen LogP contribution in [0.1, 0.15) is 51.9 Å². The number of rotatable bonds is 11. The van der Waals surface area contributed by atoms with Crippen molar-refractivity contribution < 1.29 is 14.3 Å². The van der Waals surface area contributed by atoms with Crippen molar-refractivity contribution in [2.75, 3.05) is 11.9 Å². The van der Waals surface area contributed by atoms with E-state index in [1.165, 1.54) is 12.3 Å². The van der Waals surface area contributed by atoms with Crippen LogP contribution < -0.4 is 21.9 Å². The summed E-state index contributed by atoms with van der Waals surface area (Å²) in [5.74, 6) is -1.48. The van der Waals surface area contributed by atoms with E-state index in [1.54, 1.807) is 47.3 Å². The molecule has 2 unspecified atom stereocenters. The highest BCUT2D eigenvalue weighted by Gasteiger charge is 2.28. The minimum Gasteiger partial charge on any atom is -0.368 e. The summed E-state index contributed by atoms with van der Waals surface area (Å²) >= 11 is 6.24. The fourth-order valence-corrected chi connectivity index (χ4v) is 5.22. The number of aromatic nitrogens is 2. The van der Waals surface area contributed by atoms with E-state index in [0.717, 1.165) is 36.0 Å². The van der Waals surface area contributed by atoms with Gasteiger partial charge < -0.3 is 31.1 Å². The van der Waals surface area contributed by atoms with Gasteiger partial charge in [-0.15, -0.1) is 0 Å². The van der Waals surface area contributed by atoms with E-state index in [1.807, 2.05) is 30.3 Å². The molecule has 0 bridgehead atoms. The fraction of sp³-hybridized carbons (Fsp3) is 0.242. The molecule has 2 aromatic heterocycles. The first kappa shape index (κ1) is 30.7. The van der Waals surface area contributed by atoms with Gasteiger partial charge in [0.05, 0.1) is 17.8 Å². The Morgan fingerprint density at radius 2 is 1.84 bits per heavy atom. The molecule has 1 aliphatic rings. The van der Waals surface area contributed by atoms with E-state index in [2.05, 4.69) is 15.6 Å². The average Bonchev–Trinajstić information content (AvgIpc) is 3.03. The van der Waals surface area contributed by atoms with E-state index >= 15 is 0 Å². The number of ether oxygens (including phenoxy) is 1. The minimum absolute atomic E-state index is 0.0647. The van der Waals surface area contributed by atoms with Crippen LogP contribution in [0.4, 0.5) is 5.69 Å². The van der Waals surface area contributed by atoms with Crippen molar-refractivity contribution in [3.8, 4) is 0 Å². The summed E-state index contributed by atoms with van der Waals surface area (Å²) in [7, 11) is 0. The summed E-state index contributed by atoms with van der Waals surface area (Å²) < 4.78 is 7.40. The molecule has 1 aliphatic heterocycles. The highest BCUT2D eigenvalue weighted by Crippen LogP contribution is 2.25. The molecule has 44 heavy (non-hydrogen) atoms. The molecule has 5 rings (SSSR count). The molecule has 4 aromatic rings. The first-order valence-electron chi connectivity index (χ1n) is 14.3. The van der Waals surface area contributed by atoms with E-state index in [0.29, 0.717) is 35.8 Å². The number of nitrogens with zero attached hydrogens (tertiary/aromatic N) is 2. The normalized spacial score (nSPS) is 15.2. The summed E-state index contributed by atoms with van der Waals surface area (Å²) in [5, 5.41) is 15.1. The van der Waals surface area contributed by atoms with Crippen molar-refractivity contribution in [2.24, 2.45) is 5.73 Å². The Kier molecular flexibility index (Phi) is 9.83. The molecule has 11 heteroatoms. The smallest absolute Gasteiger partial charge is 0.253 e. The highest BCUT2D eigenvalue weighted by atomic mass is 35.5. The lowest BCUT2D eigenvalue weighted by atomic mass is 9.99. The van der Waals surface area contributed by atoms with Crippen LogP contribution in [0.3, 0.4) is 0 Å². The summed E-state index contributed by atoms with van der Waals surface area (Å²) in [6, 6.07) is 18.1. The molecule has 226 valence electrons. The van der Waals surface area contributed by atoms with Gasteiger partial charge >= 0.3 is 0 Å². The van der Waals surface area contributed by atoms with Gasteiger partial charge in [-0.05, 0) is 72.7 Å². The molecule has 0 radical (unpaired) electrons. The van der Waals surface area contributed by atoms with Gasteiger partial charge in [0.15, 0.2) is 6.04 Å². The Bertz CT molecular complexity index is 1720. The molecule has 2 amide bonds. The summed E-state index contributed by atoms with van der Waals surface area (Å²) in [5.41, 5.74) is 9.28. The summed E-state index contributed by atoms with van der Waals surface area (Å²) in [6.45, 7) is 1.10. The zero-order valence-electron chi connectivity index (χ0n) is 24.0. The third kappa shape index (κ3) is 7.77. The first-order chi connectivity index (χ1) is 21.3. The Hall–Kier alpha value is -4.80. The van der Waals surface area contributed by atoms with Gasteiger partial charge in [-0.25, -0.2) is 0 Å². The van der Waals surface area contributed by atoms with Gasteiger partial charge in [-0.2, -0.15) is 0 Å². The lowest BCUT2D eigenvalue weighted by molar-refractivity contribution is -0.118. The van der Waals surface area contributed by atoms with Crippen LogP contribution in [0, 0.1) is 5.41 Å². The van der Waals surface area contributed by atoms with Crippen LogP contribution in [0.25, 0.3) is 0 Å². The molecular weight excluding hydrogens is 580 g/mol. The van der Waals surface area contributed by atoms with E-state index in [9.17, 15) is 14.4 Å². The molecule has 2 atom stereocenters. The third-order valence-corrected chi connectivity index (χ3v) is 7.59. The second-order valence-corrected chi connectivity index (χ2v) is 11.1. The number of anilines is 1. The van der Waals surface area contributed by atoms with Crippen molar-refractivity contribution >= 4 is 34.8 Å². The van der Waals surface area contributed by atoms with Crippen molar-refractivity contribution in [3.05, 3.63) is 129 Å². The average molecular weight is 613 g/mol. The van der Waals surface area contributed by atoms with Crippen LogP contribution in [0.5, 0.6) is 0 Å². The fourth-order valence-electron chi connectivity index (χ4n) is 5.04. The van der Waals surface area contributed by atoms with Crippen molar-refractivity contribution in [3.63, 3.8) is 0 Å². The molecule has 0 spiro atoms. The zero-order chi connectivity index (χ0) is 31.1. The predicted octanol–water partition coefficient (Wildman–Crippen LogP) is 4.13. The van der Waals surface area contributed by atoms with Gasteiger partial charge in [0.2, 0.25) is 5.91 Å². The number of carbonyl (C=O) groups is 2. The predicted molar refractivity (Wildman–Crippen MR) is 169 cm³/mol. The van der Waals surface area contributed by atoms with E-state index in [-0.39, 0.29) is 23.1 Å². The molecule has 3 heterocycles. The maximum Gasteiger partial charge on any atom is 0.253 e. The molecule has 5 N–H and O–H groups in total. The monoisotopic (exact) mass is 612 g/mol. The molecule has 2 aromatic carbocycles. The maximum atomic E-state index is 13.3. The van der Waals surface area contributed by atoms with Crippen molar-refractivity contribution in [1.29, 1.82) is 5.41 Å². The van der Waals surface area contributed by atoms with Crippen LogP contribution in [0.2, 0.25) is 5.02 Å². The molecule has 1 saturated heterocycles. The van der Waals surface area contributed by atoms with Crippen LogP contribution in [0.15, 0.2) is 90.1 Å². The first-order valence-corrected chi connectivity index (χ1v) is 14.7. The molecule has 10 nitrogen and oxygen atoms in total. The van der Waals surface area contributed by atoms with Gasteiger partial charge in [0, 0.05) is 47.5 Å². The number of halogens is 1. The Balaban J connectivity index is 1.27.